The molecule has 0 fully saturated rings. The monoisotopic (exact) mass is 272 g/mol. The van der Waals surface area contributed by atoms with Crippen molar-refractivity contribution >= 4 is 21.9 Å². The second-order valence-electron chi connectivity index (χ2n) is 4.12. The van der Waals surface area contributed by atoms with E-state index in [0.717, 1.165) is 23.7 Å². The molecular weight excluding hydrogens is 256 g/mol. The smallest absolute Gasteiger partial charge is 0.306 e. The number of hydrogen-bond donors (Lipinski definition) is 1. The molecule has 0 saturated carbocycles. The largest absolute Gasteiger partial charge is 0.481 e. The van der Waals surface area contributed by atoms with Gasteiger partial charge in [0.1, 0.15) is 0 Å². The Morgan fingerprint density at radius 1 is 1.60 bits per heavy atom. The van der Waals surface area contributed by atoms with E-state index in [1.807, 2.05) is 6.92 Å². The van der Waals surface area contributed by atoms with Crippen LogP contribution >= 0.6 is 15.9 Å². The first-order chi connectivity index (χ1) is 7.02. The van der Waals surface area contributed by atoms with E-state index >= 15 is 0 Å². The standard InChI is InChI=1S/C12H17BrO2/c1-8(9(2)12(14)15)7-10-5-3-4-6-11(10)13/h6-9H,3-5H2,1-2H3,(H,14,15)/b10-7-/t8-,9+/m1/s1. The van der Waals surface area contributed by atoms with Crippen LogP contribution in [-0.2, 0) is 4.79 Å². The average Bonchev–Trinajstić information content (AvgIpc) is 2.20. The van der Waals surface area contributed by atoms with Crippen molar-refractivity contribution in [2.45, 2.75) is 33.1 Å². The highest BCUT2D eigenvalue weighted by atomic mass is 79.9. The molecule has 0 aromatic heterocycles. The van der Waals surface area contributed by atoms with Gasteiger partial charge in [-0.3, -0.25) is 4.79 Å². The van der Waals surface area contributed by atoms with Crippen LogP contribution in [-0.4, -0.2) is 11.1 Å². The van der Waals surface area contributed by atoms with Crippen LogP contribution in [0.5, 0.6) is 0 Å². The second kappa shape index (κ2) is 5.50. The van der Waals surface area contributed by atoms with Gasteiger partial charge in [-0.2, -0.15) is 0 Å². The van der Waals surface area contributed by atoms with Gasteiger partial charge in [-0.05, 0) is 30.8 Å². The van der Waals surface area contributed by atoms with Gasteiger partial charge >= 0.3 is 5.97 Å². The fourth-order valence-corrected chi connectivity index (χ4v) is 2.18. The summed E-state index contributed by atoms with van der Waals surface area (Å²) in [4.78, 5) is 10.8. The molecule has 3 heteroatoms. The van der Waals surface area contributed by atoms with Crippen molar-refractivity contribution in [1.29, 1.82) is 0 Å². The second-order valence-corrected chi connectivity index (χ2v) is 4.98. The topological polar surface area (TPSA) is 37.3 Å². The van der Waals surface area contributed by atoms with Crippen LogP contribution < -0.4 is 0 Å². The maximum atomic E-state index is 10.8. The maximum absolute atomic E-state index is 10.8. The van der Waals surface area contributed by atoms with E-state index in [2.05, 4.69) is 28.1 Å². The summed E-state index contributed by atoms with van der Waals surface area (Å²) in [5.74, 6) is -0.966. The van der Waals surface area contributed by atoms with Crippen molar-refractivity contribution in [3.8, 4) is 0 Å². The molecular formula is C12H17BrO2. The molecule has 15 heavy (non-hydrogen) atoms. The first-order valence-electron chi connectivity index (χ1n) is 5.32. The Bertz CT molecular complexity index is 305. The highest BCUT2D eigenvalue weighted by molar-refractivity contribution is 9.12. The van der Waals surface area contributed by atoms with Gasteiger partial charge in [0.2, 0.25) is 0 Å². The lowest BCUT2D eigenvalue weighted by atomic mass is 9.91. The first-order valence-corrected chi connectivity index (χ1v) is 6.11. The van der Waals surface area contributed by atoms with Crippen LogP contribution in [0.1, 0.15) is 33.1 Å². The highest BCUT2D eigenvalue weighted by Gasteiger charge is 2.18. The highest BCUT2D eigenvalue weighted by Crippen LogP contribution is 2.30. The fourth-order valence-electron chi connectivity index (χ4n) is 1.62. The quantitative estimate of drug-likeness (QED) is 0.850. The van der Waals surface area contributed by atoms with Gasteiger partial charge < -0.3 is 5.11 Å². The first kappa shape index (κ1) is 12.5. The molecule has 0 spiro atoms. The van der Waals surface area contributed by atoms with E-state index in [-0.39, 0.29) is 11.8 Å². The van der Waals surface area contributed by atoms with Crippen molar-refractivity contribution in [3.05, 3.63) is 22.2 Å². The van der Waals surface area contributed by atoms with Crippen molar-refractivity contribution in [2.24, 2.45) is 11.8 Å². The molecule has 0 unspecified atom stereocenters. The molecule has 0 amide bonds. The molecule has 1 N–H and O–H groups in total. The van der Waals surface area contributed by atoms with Crippen LogP contribution in [0.3, 0.4) is 0 Å². The lowest BCUT2D eigenvalue weighted by Crippen LogP contribution is -2.17. The average molecular weight is 273 g/mol. The summed E-state index contributed by atoms with van der Waals surface area (Å²) in [6.45, 7) is 3.71. The van der Waals surface area contributed by atoms with Gasteiger partial charge in [0.25, 0.3) is 0 Å². The van der Waals surface area contributed by atoms with E-state index in [4.69, 9.17) is 5.11 Å². The van der Waals surface area contributed by atoms with Crippen LogP contribution in [0, 0.1) is 11.8 Å². The molecule has 1 aliphatic carbocycles. The molecule has 0 aromatic carbocycles. The van der Waals surface area contributed by atoms with Gasteiger partial charge in [0.15, 0.2) is 0 Å². The minimum Gasteiger partial charge on any atom is -0.481 e. The van der Waals surface area contributed by atoms with Gasteiger partial charge in [-0.1, -0.05) is 41.9 Å². The summed E-state index contributed by atoms with van der Waals surface area (Å²) in [7, 11) is 0. The van der Waals surface area contributed by atoms with E-state index in [9.17, 15) is 4.79 Å². The van der Waals surface area contributed by atoms with Crippen LogP contribution in [0.25, 0.3) is 0 Å². The van der Waals surface area contributed by atoms with Crippen LogP contribution in [0.15, 0.2) is 22.2 Å². The Balaban J connectivity index is 2.73. The van der Waals surface area contributed by atoms with E-state index in [1.54, 1.807) is 6.92 Å². The fraction of sp³-hybridized carbons (Fsp3) is 0.583. The zero-order valence-electron chi connectivity index (χ0n) is 9.16. The minimum absolute atomic E-state index is 0.0801. The van der Waals surface area contributed by atoms with Gasteiger partial charge in [0, 0.05) is 4.48 Å². The molecule has 1 rings (SSSR count). The Labute approximate surface area is 99.2 Å². The number of halogens is 1. The Hall–Kier alpha value is -0.570. The molecule has 0 aromatic rings. The molecule has 0 heterocycles. The number of carbonyl (C=O) groups is 1. The SMILES string of the molecule is C[C@H](/C=C1/CCCC=C1Br)[C@H](C)C(=O)O. The molecule has 2 atom stereocenters. The third kappa shape index (κ3) is 3.49. The zero-order valence-corrected chi connectivity index (χ0v) is 10.8. The molecule has 0 aliphatic heterocycles. The number of allylic oxidation sites excluding steroid dienone is 4. The number of carboxylic acid groups (broad SMARTS) is 1. The molecule has 2 nitrogen and oxygen atoms in total. The van der Waals surface area contributed by atoms with Crippen LogP contribution in [0.2, 0.25) is 0 Å². The lowest BCUT2D eigenvalue weighted by Gasteiger charge is -2.17. The normalized spacial score (nSPS) is 23.4. The Kier molecular flexibility index (Phi) is 4.58. The van der Waals surface area contributed by atoms with Crippen LogP contribution in [0.4, 0.5) is 0 Å². The Morgan fingerprint density at radius 2 is 2.27 bits per heavy atom. The lowest BCUT2D eigenvalue weighted by molar-refractivity contribution is -0.142. The predicted molar refractivity (Wildman–Crippen MR) is 64.9 cm³/mol. The molecule has 1 aliphatic rings. The molecule has 0 saturated heterocycles. The summed E-state index contributed by atoms with van der Waals surface area (Å²) in [5.41, 5.74) is 1.25. The van der Waals surface area contributed by atoms with E-state index < -0.39 is 5.97 Å². The van der Waals surface area contributed by atoms with Crippen molar-refractivity contribution in [2.75, 3.05) is 0 Å². The summed E-state index contributed by atoms with van der Waals surface area (Å²) >= 11 is 3.51. The minimum atomic E-state index is -0.727. The van der Waals surface area contributed by atoms with Gasteiger partial charge in [-0.15, -0.1) is 0 Å². The number of hydrogen-bond acceptors (Lipinski definition) is 1. The van der Waals surface area contributed by atoms with Gasteiger partial charge in [-0.25, -0.2) is 0 Å². The number of carboxylic acids is 1. The van der Waals surface area contributed by atoms with Crippen molar-refractivity contribution in [3.63, 3.8) is 0 Å². The molecule has 0 bridgehead atoms. The summed E-state index contributed by atoms with van der Waals surface area (Å²) in [6, 6.07) is 0. The predicted octanol–water partition coefficient (Wildman–Crippen LogP) is 3.73. The third-order valence-electron chi connectivity index (χ3n) is 2.92. The Morgan fingerprint density at radius 3 is 2.80 bits per heavy atom. The van der Waals surface area contributed by atoms with E-state index in [1.165, 1.54) is 5.57 Å². The van der Waals surface area contributed by atoms with Crippen molar-refractivity contribution < 1.29 is 9.90 Å². The summed E-state index contributed by atoms with van der Waals surface area (Å²) < 4.78 is 1.14. The molecule has 84 valence electrons. The zero-order chi connectivity index (χ0) is 11.4. The van der Waals surface area contributed by atoms with E-state index in [0.29, 0.717) is 0 Å². The number of rotatable bonds is 3. The molecule has 0 radical (unpaired) electrons. The maximum Gasteiger partial charge on any atom is 0.306 e. The number of aliphatic carboxylic acids is 1. The third-order valence-corrected chi connectivity index (χ3v) is 3.76. The van der Waals surface area contributed by atoms with Crippen molar-refractivity contribution in [1.82, 2.24) is 0 Å². The summed E-state index contributed by atoms with van der Waals surface area (Å²) in [6.07, 6.45) is 7.57. The summed E-state index contributed by atoms with van der Waals surface area (Å²) in [5, 5.41) is 8.89. The van der Waals surface area contributed by atoms with Gasteiger partial charge in [0.05, 0.1) is 5.92 Å².